The molecule has 198 valence electrons. The Hall–Kier alpha value is -2.76. The van der Waals surface area contributed by atoms with Gasteiger partial charge in [-0.3, -0.25) is 9.80 Å². The molecule has 2 aliphatic rings. The molecule has 9 nitrogen and oxygen atoms in total. The van der Waals surface area contributed by atoms with Gasteiger partial charge in [-0.1, -0.05) is 11.6 Å². The normalized spacial score (nSPS) is 19.7. The number of rotatable bonds is 9. The maximum Gasteiger partial charge on any atom is 0.145 e. The van der Waals surface area contributed by atoms with Gasteiger partial charge in [0.15, 0.2) is 0 Å². The first kappa shape index (κ1) is 25.9. The van der Waals surface area contributed by atoms with Gasteiger partial charge in [0.1, 0.15) is 42.3 Å². The van der Waals surface area contributed by atoms with Crippen molar-refractivity contribution in [2.75, 3.05) is 58.4 Å². The van der Waals surface area contributed by atoms with Crippen LogP contribution in [0.4, 0.5) is 15.9 Å². The van der Waals surface area contributed by atoms with Crippen LogP contribution in [0.25, 0.3) is 10.9 Å². The van der Waals surface area contributed by atoms with Crippen LogP contribution in [0.3, 0.4) is 0 Å². The zero-order chi connectivity index (χ0) is 25.8. The molecule has 2 N–H and O–H groups in total. The van der Waals surface area contributed by atoms with Gasteiger partial charge in [-0.15, -0.1) is 0 Å². The second-order valence-corrected chi connectivity index (χ2v) is 9.64. The van der Waals surface area contributed by atoms with Crippen LogP contribution in [-0.2, 0) is 4.74 Å². The summed E-state index contributed by atoms with van der Waals surface area (Å²) in [6.45, 7) is 4.85. The SMILES string of the molecule is COc1cc(OC[C@@H]2CCCN2C(O)CN2CCOCC2)c2c(Nc3ccc(F)c(Cl)c3)ncnc2c1. The lowest BCUT2D eigenvalue weighted by Gasteiger charge is -2.34. The second-order valence-electron chi connectivity index (χ2n) is 9.23. The number of anilines is 2. The van der Waals surface area contributed by atoms with Crippen LogP contribution < -0.4 is 14.8 Å². The number of morpholine rings is 1. The molecule has 3 aromatic rings. The summed E-state index contributed by atoms with van der Waals surface area (Å²) in [4.78, 5) is 13.2. The zero-order valence-electron chi connectivity index (χ0n) is 20.7. The largest absolute Gasteiger partial charge is 0.497 e. The van der Waals surface area contributed by atoms with E-state index in [-0.39, 0.29) is 11.1 Å². The van der Waals surface area contributed by atoms with E-state index in [9.17, 15) is 9.50 Å². The average Bonchev–Trinajstić information content (AvgIpc) is 3.39. The maximum atomic E-state index is 13.7. The summed E-state index contributed by atoms with van der Waals surface area (Å²) in [5, 5.41) is 14.9. The molecule has 5 rings (SSSR count). The summed E-state index contributed by atoms with van der Waals surface area (Å²) in [7, 11) is 1.59. The number of methoxy groups -OCH3 is 1. The van der Waals surface area contributed by atoms with Crippen LogP contribution in [0.1, 0.15) is 12.8 Å². The fourth-order valence-corrected chi connectivity index (χ4v) is 5.08. The van der Waals surface area contributed by atoms with Gasteiger partial charge < -0.3 is 24.6 Å². The van der Waals surface area contributed by atoms with E-state index < -0.39 is 12.0 Å². The molecule has 11 heteroatoms. The number of aromatic nitrogens is 2. The van der Waals surface area contributed by atoms with Gasteiger partial charge in [-0.2, -0.15) is 0 Å². The first-order valence-electron chi connectivity index (χ1n) is 12.4. The molecule has 0 aliphatic carbocycles. The minimum atomic E-state index is -0.569. The quantitative estimate of drug-likeness (QED) is 0.429. The van der Waals surface area contributed by atoms with Gasteiger partial charge in [0.2, 0.25) is 0 Å². The number of hydrogen-bond acceptors (Lipinski definition) is 9. The molecule has 3 heterocycles. The highest BCUT2D eigenvalue weighted by Gasteiger charge is 2.31. The summed E-state index contributed by atoms with van der Waals surface area (Å²) in [5.74, 6) is 1.17. The van der Waals surface area contributed by atoms with E-state index >= 15 is 0 Å². The molecule has 2 fully saturated rings. The molecule has 0 bridgehead atoms. The Labute approximate surface area is 220 Å². The molecule has 1 unspecified atom stereocenters. The van der Waals surface area contributed by atoms with Crippen molar-refractivity contribution in [3.63, 3.8) is 0 Å². The second kappa shape index (κ2) is 11.7. The monoisotopic (exact) mass is 531 g/mol. The molecule has 1 aromatic heterocycles. The first-order valence-corrected chi connectivity index (χ1v) is 12.8. The van der Waals surface area contributed by atoms with E-state index in [0.717, 1.165) is 32.5 Å². The van der Waals surface area contributed by atoms with Crippen molar-refractivity contribution in [1.82, 2.24) is 19.8 Å². The molecule has 0 amide bonds. The van der Waals surface area contributed by atoms with Crippen LogP contribution in [0.15, 0.2) is 36.7 Å². The lowest BCUT2D eigenvalue weighted by atomic mass is 10.2. The lowest BCUT2D eigenvalue weighted by molar-refractivity contribution is -0.0545. The van der Waals surface area contributed by atoms with Gasteiger partial charge in [0.05, 0.1) is 36.2 Å². The van der Waals surface area contributed by atoms with Crippen LogP contribution in [0.5, 0.6) is 11.5 Å². The van der Waals surface area contributed by atoms with Crippen LogP contribution in [0.2, 0.25) is 5.02 Å². The molecule has 0 radical (unpaired) electrons. The smallest absolute Gasteiger partial charge is 0.145 e. The minimum Gasteiger partial charge on any atom is -0.497 e. The lowest BCUT2D eigenvalue weighted by Crippen LogP contribution is -2.50. The number of fused-ring (bicyclic) bond motifs is 1. The third-order valence-electron chi connectivity index (χ3n) is 6.86. The fourth-order valence-electron chi connectivity index (χ4n) is 4.90. The number of nitrogens with one attached hydrogen (secondary N) is 1. The predicted molar refractivity (Wildman–Crippen MR) is 139 cm³/mol. The highest BCUT2D eigenvalue weighted by atomic mass is 35.5. The van der Waals surface area contributed by atoms with Crippen molar-refractivity contribution in [2.24, 2.45) is 0 Å². The van der Waals surface area contributed by atoms with Crippen molar-refractivity contribution < 1.29 is 23.7 Å². The Morgan fingerprint density at radius 2 is 2.05 bits per heavy atom. The molecule has 2 saturated heterocycles. The Morgan fingerprint density at radius 1 is 1.22 bits per heavy atom. The molecular formula is C26H31ClFN5O4. The molecule has 37 heavy (non-hydrogen) atoms. The number of β-amino-alcohol motifs (C(OH)–C–C–N with tert-alkyl or cyclic N) is 1. The highest BCUT2D eigenvalue weighted by molar-refractivity contribution is 6.31. The molecule has 2 aromatic carbocycles. The number of aliphatic hydroxyl groups is 1. The standard InChI is InChI=1S/C26H31ClFN5O4/c1-35-19-12-22-25(26(30-16-29-22)31-17-4-5-21(28)20(27)11-17)23(13-19)37-15-18-3-2-6-33(18)24(34)14-32-7-9-36-10-8-32/h4-5,11-13,16,18,24,34H,2-3,6-10,14-15H2,1H3,(H,29,30,31)/t18-,24?/m0/s1. The van der Waals surface area contributed by atoms with Crippen molar-refractivity contribution in [3.8, 4) is 11.5 Å². The minimum absolute atomic E-state index is 0.0125. The summed E-state index contributed by atoms with van der Waals surface area (Å²) < 4.78 is 30.9. The average molecular weight is 532 g/mol. The Balaban J connectivity index is 1.36. The van der Waals surface area contributed by atoms with Crippen LogP contribution >= 0.6 is 11.6 Å². The van der Waals surface area contributed by atoms with E-state index in [1.165, 1.54) is 18.5 Å². The van der Waals surface area contributed by atoms with Crippen molar-refractivity contribution in [2.45, 2.75) is 25.1 Å². The van der Waals surface area contributed by atoms with E-state index in [2.05, 4.69) is 25.1 Å². The van der Waals surface area contributed by atoms with Gasteiger partial charge in [0, 0.05) is 50.0 Å². The summed E-state index contributed by atoms with van der Waals surface area (Å²) in [5.41, 5.74) is 1.22. The Morgan fingerprint density at radius 3 is 2.84 bits per heavy atom. The number of ether oxygens (including phenoxy) is 3. The first-order chi connectivity index (χ1) is 18.0. The van der Waals surface area contributed by atoms with E-state index in [1.54, 1.807) is 25.3 Å². The van der Waals surface area contributed by atoms with Crippen LogP contribution in [-0.4, -0.2) is 90.3 Å². The Kier molecular flexibility index (Phi) is 8.21. The molecule has 0 spiro atoms. The zero-order valence-corrected chi connectivity index (χ0v) is 21.5. The summed E-state index contributed by atoms with van der Waals surface area (Å²) >= 11 is 5.97. The molecule has 0 saturated carbocycles. The number of hydrogen-bond donors (Lipinski definition) is 2. The number of benzene rings is 2. The summed E-state index contributed by atoms with van der Waals surface area (Å²) in [6, 6.07) is 8.06. The molecule has 2 aliphatic heterocycles. The van der Waals surface area contributed by atoms with E-state index in [0.29, 0.717) is 60.3 Å². The number of nitrogens with zero attached hydrogens (tertiary/aromatic N) is 4. The van der Waals surface area contributed by atoms with Gasteiger partial charge >= 0.3 is 0 Å². The van der Waals surface area contributed by atoms with E-state index in [4.69, 9.17) is 25.8 Å². The van der Waals surface area contributed by atoms with Gasteiger partial charge in [-0.25, -0.2) is 14.4 Å². The van der Waals surface area contributed by atoms with Crippen molar-refractivity contribution >= 4 is 34.0 Å². The van der Waals surface area contributed by atoms with Gasteiger partial charge in [-0.05, 0) is 31.0 Å². The maximum absolute atomic E-state index is 13.7. The third-order valence-corrected chi connectivity index (χ3v) is 7.14. The topological polar surface area (TPSA) is 92.2 Å². The summed E-state index contributed by atoms with van der Waals surface area (Å²) in [6.07, 6.45) is 2.80. The fraction of sp³-hybridized carbons (Fsp3) is 0.462. The number of aliphatic hydroxyl groups excluding tert-OH is 1. The van der Waals surface area contributed by atoms with E-state index in [1.807, 2.05) is 0 Å². The van der Waals surface area contributed by atoms with Crippen molar-refractivity contribution in [1.29, 1.82) is 0 Å². The van der Waals surface area contributed by atoms with Crippen LogP contribution in [0, 0.1) is 5.82 Å². The third kappa shape index (κ3) is 6.05. The molecule has 2 atom stereocenters. The van der Waals surface area contributed by atoms with Crippen molar-refractivity contribution in [3.05, 3.63) is 47.5 Å². The van der Waals surface area contributed by atoms with Gasteiger partial charge in [0.25, 0.3) is 0 Å². The Bertz CT molecular complexity index is 1230. The highest BCUT2D eigenvalue weighted by Crippen LogP contribution is 2.36. The number of halogens is 2. The molecular weight excluding hydrogens is 501 g/mol. The number of likely N-dealkylation sites (tertiary alicyclic amines) is 1. The predicted octanol–water partition coefficient (Wildman–Crippen LogP) is 3.67.